The van der Waals surface area contributed by atoms with Crippen LogP contribution in [0, 0.1) is 0 Å². The zero-order valence-corrected chi connectivity index (χ0v) is 36.4. The van der Waals surface area contributed by atoms with Crippen molar-refractivity contribution in [1.82, 2.24) is 5.32 Å². The Kier molecular flexibility index (Phi) is 36.1. The first kappa shape index (κ1) is 52.9. The van der Waals surface area contributed by atoms with Crippen LogP contribution in [0.15, 0.2) is 12.2 Å². The molecule has 332 valence electrons. The molecule has 7 atom stereocenters. The second kappa shape index (κ2) is 38.2. The largest absolute Gasteiger partial charge is 0.394 e. The molecule has 0 aliphatic carbocycles. The summed E-state index contributed by atoms with van der Waals surface area (Å²) in [6.07, 6.45) is 36.9. The fraction of sp³-hybridized carbons (Fsp3) is 0.936. The highest BCUT2D eigenvalue weighted by molar-refractivity contribution is 5.76. The fourth-order valence-corrected chi connectivity index (χ4v) is 7.75. The lowest BCUT2D eigenvalue weighted by Crippen LogP contribution is -2.60. The summed E-state index contributed by atoms with van der Waals surface area (Å²) < 4.78 is 11.2. The molecule has 1 aliphatic heterocycles. The van der Waals surface area contributed by atoms with Crippen molar-refractivity contribution >= 4 is 5.91 Å². The fourth-order valence-electron chi connectivity index (χ4n) is 7.75. The van der Waals surface area contributed by atoms with Gasteiger partial charge in [-0.1, -0.05) is 212 Å². The number of nitrogens with one attached hydrogen (secondary N) is 1. The third kappa shape index (κ3) is 28.4. The van der Waals surface area contributed by atoms with Gasteiger partial charge in [-0.25, -0.2) is 0 Å². The van der Waals surface area contributed by atoms with Crippen LogP contribution in [0.4, 0.5) is 0 Å². The summed E-state index contributed by atoms with van der Waals surface area (Å²) in [6, 6.07) is -0.797. The number of hydrogen-bond donors (Lipinski definition) is 6. The quantitative estimate of drug-likeness (QED) is 0.0265. The van der Waals surface area contributed by atoms with Gasteiger partial charge in [0.2, 0.25) is 5.91 Å². The number of carbonyl (C=O) groups is 1. The summed E-state index contributed by atoms with van der Waals surface area (Å²) in [5.74, 6) is -0.174. The van der Waals surface area contributed by atoms with E-state index >= 15 is 0 Å². The molecule has 1 amide bonds. The monoisotopic (exact) mass is 798 g/mol. The van der Waals surface area contributed by atoms with E-state index in [1.54, 1.807) is 6.08 Å². The number of ether oxygens (including phenoxy) is 2. The van der Waals surface area contributed by atoms with E-state index in [2.05, 4.69) is 19.2 Å². The minimum atomic E-state index is -1.56. The minimum Gasteiger partial charge on any atom is -0.394 e. The average molecular weight is 798 g/mol. The lowest BCUT2D eigenvalue weighted by Gasteiger charge is -2.40. The van der Waals surface area contributed by atoms with Gasteiger partial charge in [-0.3, -0.25) is 4.79 Å². The maximum atomic E-state index is 13.0. The molecule has 9 heteroatoms. The third-order valence-electron chi connectivity index (χ3n) is 11.6. The van der Waals surface area contributed by atoms with Crippen LogP contribution in [0.3, 0.4) is 0 Å². The zero-order valence-electron chi connectivity index (χ0n) is 36.4. The van der Waals surface area contributed by atoms with Gasteiger partial charge in [0, 0.05) is 6.42 Å². The Balaban J connectivity index is 2.27. The molecule has 0 aromatic carbocycles. The second-order valence-corrected chi connectivity index (χ2v) is 16.9. The highest BCUT2D eigenvalue weighted by Crippen LogP contribution is 2.23. The molecule has 1 rings (SSSR count). The summed E-state index contributed by atoms with van der Waals surface area (Å²) >= 11 is 0. The first-order chi connectivity index (χ1) is 27.3. The molecule has 0 bridgehead atoms. The van der Waals surface area contributed by atoms with Gasteiger partial charge < -0.3 is 40.3 Å². The van der Waals surface area contributed by atoms with Crippen molar-refractivity contribution in [3.05, 3.63) is 12.2 Å². The van der Waals surface area contributed by atoms with Crippen molar-refractivity contribution in [2.45, 2.75) is 269 Å². The van der Waals surface area contributed by atoms with Crippen molar-refractivity contribution in [3.8, 4) is 0 Å². The van der Waals surface area contributed by atoms with Crippen LogP contribution in [-0.2, 0) is 14.3 Å². The smallest absolute Gasteiger partial charge is 0.220 e. The van der Waals surface area contributed by atoms with E-state index in [4.69, 9.17) is 9.47 Å². The van der Waals surface area contributed by atoms with E-state index in [9.17, 15) is 30.3 Å². The Morgan fingerprint density at radius 3 is 1.39 bits per heavy atom. The van der Waals surface area contributed by atoms with Gasteiger partial charge in [0.05, 0.1) is 25.4 Å². The van der Waals surface area contributed by atoms with Crippen molar-refractivity contribution < 1.29 is 39.8 Å². The van der Waals surface area contributed by atoms with Crippen LogP contribution in [0.2, 0.25) is 0 Å². The lowest BCUT2D eigenvalue weighted by atomic mass is 9.99. The molecule has 2 unspecified atom stereocenters. The van der Waals surface area contributed by atoms with Crippen LogP contribution in [0.1, 0.15) is 226 Å². The average Bonchev–Trinajstić information content (AvgIpc) is 3.20. The van der Waals surface area contributed by atoms with Crippen LogP contribution in [0.5, 0.6) is 0 Å². The van der Waals surface area contributed by atoms with Gasteiger partial charge >= 0.3 is 0 Å². The Labute approximate surface area is 344 Å². The minimum absolute atomic E-state index is 0.174. The van der Waals surface area contributed by atoms with E-state index in [1.807, 2.05) is 6.08 Å². The first-order valence-corrected chi connectivity index (χ1v) is 23.9. The van der Waals surface area contributed by atoms with Crippen LogP contribution < -0.4 is 5.32 Å². The van der Waals surface area contributed by atoms with E-state index in [-0.39, 0.29) is 12.5 Å². The van der Waals surface area contributed by atoms with Gasteiger partial charge in [0.25, 0.3) is 0 Å². The maximum absolute atomic E-state index is 13.0. The molecule has 0 saturated carbocycles. The van der Waals surface area contributed by atoms with Gasteiger partial charge in [0.1, 0.15) is 24.4 Å². The molecule has 0 radical (unpaired) electrons. The van der Waals surface area contributed by atoms with Crippen molar-refractivity contribution in [2.75, 3.05) is 13.2 Å². The topological polar surface area (TPSA) is 149 Å². The first-order valence-electron chi connectivity index (χ1n) is 23.9. The van der Waals surface area contributed by atoms with E-state index < -0.39 is 49.5 Å². The van der Waals surface area contributed by atoms with Crippen molar-refractivity contribution in [2.24, 2.45) is 0 Å². The summed E-state index contributed by atoms with van der Waals surface area (Å²) in [7, 11) is 0. The van der Waals surface area contributed by atoms with Crippen molar-refractivity contribution in [1.29, 1.82) is 0 Å². The number of hydrogen-bond acceptors (Lipinski definition) is 8. The highest BCUT2D eigenvalue weighted by atomic mass is 16.7. The molecule has 1 saturated heterocycles. The Morgan fingerprint density at radius 1 is 0.589 bits per heavy atom. The number of aliphatic hydroxyl groups excluding tert-OH is 5. The van der Waals surface area contributed by atoms with E-state index in [1.165, 1.54) is 167 Å². The molecule has 9 nitrogen and oxygen atoms in total. The normalized spacial score (nSPS) is 21.2. The van der Waals surface area contributed by atoms with Crippen LogP contribution in [-0.4, -0.2) is 87.5 Å². The molecule has 6 N–H and O–H groups in total. The molecule has 1 aliphatic rings. The number of amides is 1. The number of aliphatic hydroxyl groups is 5. The van der Waals surface area contributed by atoms with Crippen molar-refractivity contribution in [3.63, 3.8) is 0 Å². The molecule has 56 heavy (non-hydrogen) atoms. The Morgan fingerprint density at radius 2 is 0.982 bits per heavy atom. The second-order valence-electron chi connectivity index (χ2n) is 16.9. The summed E-state index contributed by atoms with van der Waals surface area (Å²) in [5.41, 5.74) is 0. The third-order valence-corrected chi connectivity index (χ3v) is 11.6. The predicted molar refractivity (Wildman–Crippen MR) is 231 cm³/mol. The van der Waals surface area contributed by atoms with Crippen LogP contribution in [0.25, 0.3) is 0 Å². The number of carbonyl (C=O) groups excluding carboxylic acids is 1. The van der Waals surface area contributed by atoms with Gasteiger partial charge in [0.15, 0.2) is 6.29 Å². The zero-order chi connectivity index (χ0) is 40.9. The molecular weight excluding hydrogens is 707 g/mol. The van der Waals surface area contributed by atoms with Gasteiger partial charge in [-0.05, 0) is 19.3 Å². The number of allylic oxidation sites excluding steroid dienone is 1. The van der Waals surface area contributed by atoms with Gasteiger partial charge in [-0.15, -0.1) is 0 Å². The molecular formula is C47H91NO8. The van der Waals surface area contributed by atoms with Gasteiger partial charge in [-0.2, -0.15) is 0 Å². The Hall–Kier alpha value is -1.07. The molecule has 1 fully saturated rings. The molecule has 0 aromatic rings. The molecule has 0 spiro atoms. The number of unbranched alkanes of at least 4 members (excludes halogenated alkanes) is 30. The summed E-state index contributed by atoms with van der Waals surface area (Å²) in [6.45, 7) is 3.78. The standard InChI is InChI=1S/C47H91NO8/c1-3-5-7-9-11-13-15-17-18-19-20-21-22-23-24-25-27-29-31-33-35-37-43(51)48-40(39-55-47-46(54)45(53)44(52)42(38-49)56-47)41(50)36-34-32-30-28-26-16-14-12-10-8-6-4-2/h34,36,40-42,44-47,49-50,52-54H,3-33,35,37-39H2,1-2H3,(H,48,51)/b36-34+/t40-,41+,42-,44-,45?,46?,47-/m0/s1. The molecule has 1 heterocycles. The lowest BCUT2D eigenvalue weighted by molar-refractivity contribution is -0.302. The molecule has 0 aromatic heterocycles. The highest BCUT2D eigenvalue weighted by Gasteiger charge is 2.44. The van der Waals surface area contributed by atoms with E-state index in [0.717, 1.165) is 38.5 Å². The maximum Gasteiger partial charge on any atom is 0.220 e. The SMILES string of the molecule is CCCCCCCCCCCC/C=C/[C@@H](O)[C@H](CO[C@H]1O[C@@H](CO)[C@H](O)C(O)C1O)NC(=O)CCCCCCCCCCCCCCCCCCCCCCC. The summed E-state index contributed by atoms with van der Waals surface area (Å²) in [4.78, 5) is 13.0. The van der Waals surface area contributed by atoms with Crippen LogP contribution >= 0.6 is 0 Å². The summed E-state index contributed by atoms with van der Waals surface area (Å²) in [5, 5.41) is 54.2. The van der Waals surface area contributed by atoms with E-state index in [0.29, 0.717) is 6.42 Å². The predicted octanol–water partition coefficient (Wildman–Crippen LogP) is 10.1. The number of rotatable bonds is 40. The Bertz CT molecular complexity index is 888.